The van der Waals surface area contributed by atoms with E-state index in [1.807, 2.05) is 25.1 Å². The zero-order valence-corrected chi connectivity index (χ0v) is 18.4. The lowest BCUT2D eigenvalue weighted by Gasteiger charge is -2.19. The number of halogens is 1. The Labute approximate surface area is 187 Å². The zero-order valence-electron chi connectivity index (χ0n) is 18.4. The zero-order chi connectivity index (χ0) is 22.9. The van der Waals surface area contributed by atoms with Crippen LogP contribution in [0.2, 0.25) is 0 Å². The van der Waals surface area contributed by atoms with Crippen LogP contribution in [0.5, 0.6) is 11.5 Å². The van der Waals surface area contributed by atoms with Gasteiger partial charge in [0.1, 0.15) is 5.82 Å². The monoisotopic (exact) mass is 443 g/mol. The first-order chi connectivity index (χ1) is 15.4. The van der Waals surface area contributed by atoms with Crippen molar-refractivity contribution in [3.8, 4) is 11.5 Å². The molecule has 3 rings (SSSR count). The van der Waals surface area contributed by atoms with Crippen molar-refractivity contribution in [3.05, 3.63) is 59.4 Å². The first-order valence-electron chi connectivity index (χ1n) is 10.8. The highest BCUT2D eigenvalue weighted by Crippen LogP contribution is 2.33. The number of benzene rings is 2. The van der Waals surface area contributed by atoms with Crippen LogP contribution >= 0.6 is 0 Å². The van der Waals surface area contributed by atoms with E-state index in [-0.39, 0.29) is 37.0 Å². The molecule has 1 saturated carbocycles. The van der Waals surface area contributed by atoms with E-state index in [0.29, 0.717) is 11.5 Å². The number of ether oxygens (including phenoxy) is 2. The molecule has 0 saturated heterocycles. The van der Waals surface area contributed by atoms with Gasteiger partial charge in [0.05, 0.1) is 25.8 Å². The Hall–Kier alpha value is -3.29. The highest BCUT2D eigenvalue weighted by atomic mass is 19.1. The van der Waals surface area contributed by atoms with E-state index in [9.17, 15) is 14.0 Å². The van der Waals surface area contributed by atoms with Crippen LogP contribution in [0.25, 0.3) is 0 Å². The fourth-order valence-electron chi connectivity index (χ4n) is 3.62. The van der Waals surface area contributed by atoms with E-state index in [4.69, 9.17) is 9.47 Å². The second kappa shape index (κ2) is 11.4. The summed E-state index contributed by atoms with van der Waals surface area (Å²) in [4.78, 5) is 24.1. The van der Waals surface area contributed by atoms with E-state index in [2.05, 4.69) is 16.0 Å². The molecule has 0 spiro atoms. The molecule has 32 heavy (non-hydrogen) atoms. The second-order valence-corrected chi connectivity index (χ2v) is 7.89. The van der Waals surface area contributed by atoms with E-state index >= 15 is 0 Å². The summed E-state index contributed by atoms with van der Waals surface area (Å²) in [7, 11) is 1.60. The maximum absolute atomic E-state index is 12.9. The van der Waals surface area contributed by atoms with Crippen LogP contribution in [-0.4, -0.2) is 31.7 Å². The Balaban J connectivity index is 1.44. The summed E-state index contributed by atoms with van der Waals surface area (Å²) in [5.41, 5.74) is 1.63. The van der Waals surface area contributed by atoms with Gasteiger partial charge in [0, 0.05) is 6.54 Å². The van der Waals surface area contributed by atoms with Gasteiger partial charge >= 0.3 is 6.03 Å². The van der Waals surface area contributed by atoms with Crippen molar-refractivity contribution < 1.29 is 23.5 Å². The number of urea groups is 1. The molecule has 1 fully saturated rings. The van der Waals surface area contributed by atoms with Crippen LogP contribution in [0.4, 0.5) is 9.18 Å². The number of amides is 3. The van der Waals surface area contributed by atoms with Crippen molar-refractivity contribution in [1.82, 2.24) is 16.0 Å². The van der Waals surface area contributed by atoms with Crippen LogP contribution in [0, 0.1) is 5.82 Å². The van der Waals surface area contributed by atoms with Gasteiger partial charge in [-0.2, -0.15) is 0 Å². The largest absolute Gasteiger partial charge is 0.493 e. The van der Waals surface area contributed by atoms with Gasteiger partial charge in [0.2, 0.25) is 5.91 Å². The lowest BCUT2D eigenvalue weighted by atomic mass is 10.1. The molecule has 0 aromatic heterocycles. The molecule has 0 bridgehead atoms. The van der Waals surface area contributed by atoms with Gasteiger partial charge in [-0.3, -0.25) is 4.79 Å². The third-order valence-corrected chi connectivity index (χ3v) is 5.44. The second-order valence-electron chi connectivity index (χ2n) is 7.89. The van der Waals surface area contributed by atoms with Crippen LogP contribution in [0.15, 0.2) is 42.5 Å². The van der Waals surface area contributed by atoms with Crippen molar-refractivity contribution in [3.63, 3.8) is 0 Å². The maximum atomic E-state index is 12.9. The summed E-state index contributed by atoms with van der Waals surface area (Å²) in [5, 5.41) is 7.99. The molecule has 8 heteroatoms. The summed E-state index contributed by atoms with van der Waals surface area (Å²) in [6.07, 6.45) is 4.72. The first-order valence-corrected chi connectivity index (χ1v) is 10.8. The summed E-state index contributed by atoms with van der Waals surface area (Å²) in [6.45, 7) is 1.93. The molecule has 1 unspecified atom stereocenters. The Morgan fingerprint density at radius 3 is 2.47 bits per heavy atom. The molecular weight excluding hydrogens is 413 g/mol. The summed E-state index contributed by atoms with van der Waals surface area (Å²) < 4.78 is 24.4. The van der Waals surface area contributed by atoms with Gasteiger partial charge < -0.3 is 25.4 Å². The average Bonchev–Trinajstić information content (AvgIpc) is 3.30. The standard InChI is InChI=1S/C24H30FN3O4/c1-16(18-9-12-21(22(13-18)31-2)32-20-5-3-4-6-20)28-23(29)15-27-24(30)26-14-17-7-10-19(25)11-8-17/h7-13,16,20H,3-6,14-15H2,1-2H3,(H,28,29)(H2,26,27,30). The predicted molar refractivity (Wildman–Crippen MR) is 119 cm³/mol. The minimum absolute atomic E-state index is 0.167. The maximum Gasteiger partial charge on any atom is 0.315 e. The molecule has 1 aliphatic rings. The number of carbonyl (C=O) groups excluding carboxylic acids is 2. The van der Waals surface area contributed by atoms with Gasteiger partial charge in [0.15, 0.2) is 11.5 Å². The van der Waals surface area contributed by atoms with Gasteiger partial charge in [-0.25, -0.2) is 9.18 Å². The van der Waals surface area contributed by atoms with Crippen molar-refractivity contribution in [1.29, 1.82) is 0 Å². The molecule has 1 aliphatic carbocycles. The highest BCUT2D eigenvalue weighted by molar-refractivity contribution is 5.84. The SMILES string of the molecule is COc1cc(C(C)NC(=O)CNC(=O)NCc2ccc(F)cc2)ccc1OC1CCCC1. The Kier molecular flexibility index (Phi) is 8.30. The van der Waals surface area contributed by atoms with Gasteiger partial charge in [-0.1, -0.05) is 18.2 Å². The third kappa shape index (κ3) is 6.87. The lowest BCUT2D eigenvalue weighted by molar-refractivity contribution is -0.120. The minimum atomic E-state index is -0.479. The quantitative estimate of drug-likeness (QED) is 0.550. The predicted octanol–water partition coefficient (Wildman–Crippen LogP) is 3.83. The fourth-order valence-corrected chi connectivity index (χ4v) is 3.62. The number of rotatable bonds is 9. The molecule has 2 aromatic carbocycles. The molecule has 2 aromatic rings. The number of methoxy groups -OCH3 is 1. The van der Waals surface area contributed by atoms with E-state index in [1.165, 1.54) is 25.0 Å². The molecule has 0 aliphatic heterocycles. The Morgan fingerprint density at radius 1 is 1.06 bits per heavy atom. The van der Waals surface area contributed by atoms with E-state index < -0.39 is 6.03 Å². The molecule has 1 atom stereocenters. The van der Waals surface area contributed by atoms with Crippen LogP contribution in [0.1, 0.15) is 49.8 Å². The van der Waals surface area contributed by atoms with E-state index in [0.717, 1.165) is 24.0 Å². The molecule has 0 radical (unpaired) electrons. The summed E-state index contributed by atoms with van der Waals surface area (Å²) in [5.74, 6) is 0.687. The summed E-state index contributed by atoms with van der Waals surface area (Å²) in [6, 6.07) is 10.7. The molecular formula is C24H30FN3O4. The lowest BCUT2D eigenvalue weighted by Crippen LogP contribution is -2.42. The number of hydrogen-bond donors (Lipinski definition) is 3. The minimum Gasteiger partial charge on any atom is -0.493 e. The first kappa shape index (κ1) is 23.4. The van der Waals surface area contributed by atoms with E-state index in [1.54, 1.807) is 19.2 Å². The number of carbonyl (C=O) groups is 2. The van der Waals surface area contributed by atoms with Gasteiger partial charge in [0.25, 0.3) is 0 Å². The third-order valence-electron chi connectivity index (χ3n) is 5.44. The van der Waals surface area contributed by atoms with Crippen molar-refractivity contribution >= 4 is 11.9 Å². The number of hydrogen-bond acceptors (Lipinski definition) is 4. The topological polar surface area (TPSA) is 88.7 Å². The Bertz CT molecular complexity index is 914. The average molecular weight is 444 g/mol. The normalized spacial score (nSPS) is 14.5. The van der Waals surface area contributed by atoms with Crippen molar-refractivity contribution in [2.45, 2.75) is 51.3 Å². The van der Waals surface area contributed by atoms with Gasteiger partial charge in [-0.15, -0.1) is 0 Å². The Morgan fingerprint density at radius 2 is 1.78 bits per heavy atom. The fraction of sp³-hybridized carbons (Fsp3) is 0.417. The number of nitrogens with one attached hydrogen (secondary N) is 3. The molecule has 172 valence electrons. The van der Waals surface area contributed by atoms with Crippen LogP contribution in [0.3, 0.4) is 0 Å². The molecule has 0 heterocycles. The molecule has 3 N–H and O–H groups in total. The smallest absolute Gasteiger partial charge is 0.315 e. The molecule has 7 nitrogen and oxygen atoms in total. The summed E-state index contributed by atoms with van der Waals surface area (Å²) >= 11 is 0. The van der Waals surface area contributed by atoms with Crippen molar-refractivity contribution in [2.75, 3.05) is 13.7 Å². The molecule has 3 amide bonds. The van der Waals surface area contributed by atoms with Crippen molar-refractivity contribution in [2.24, 2.45) is 0 Å². The van der Waals surface area contributed by atoms with Crippen LogP contribution in [-0.2, 0) is 11.3 Å². The van der Waals surface area contributed by atoms with Crippen LogP contribution < -0.4 is 25.4 Å². The highest BCUT2D eigenvalue weighted by Gasteiger charge is 2.19. The van der Waals surface area contributed by atoms with Gasteiger partial charge in [-0.05, 0) is 68.0 Å².